The molecular weight excluding hydrogens is 476 g/mol. The zero-order valence-electron chi connectivity index (χ0n) is 21.1. The highest BCUT2D eigenvalue weighted by molar-refractivity contribution is 7.92. The number of rotatable bonds is 13. The Hall–Kier alpha value is -3.52. The molecule has 7 nitrogen and oxygen atoms in total. The Bertz CT molecular complexity index is 1230. The summed E-state index contributed by atoms with van der Waals surface area (Å²) < 4.78 is 37.7. The Labute approximate surface area is 214 Å². The number of aryl methyl sites for hydroxylation is 1. The summed E-state index contributed by atoms with van der Waals surface area (Å²) in [7, 11) is -3.57. The van der Waals surface area contributed by atoms with E-state index in [1.807, 2.05) is 19.1 Å². The van der Waals surface area contributed by atoms with E-state index in [9.17, 15) is 13.2 Å². The van der Waals surface area contributed by atoms with Crippen LogP contribution in [0.25, 0.3) is 0 Å². The van der Waals surface area contributed by atoms with E-state index in [4.69, 9.17) is 9.47 Å². The normalized spacial score (nSPS) is 11.1. The number of nitrogens with one attached hydrogen (secondary N) is 1. The number of hydrogen-bond donors (Lipinski definition) is 1. The molecule has 0 atom stereocenters. The SMILES string of the molecule is CCCc1ccc(OCCNC(=O)c2ccc(CN(c3ccccc3OCC)S(C)(=O)=O)cc2)cc1. The first kappa shape index (κ1) is 27.1. The maximum absolute atomic E-state index is 12.6. The molecule has 1 N–H and O–H groups in total. The number of para-hydroxylation sites is 2. The predicted octanol–water partition coefficient (Wildman–Crippen LogP) is 4.81. The minimum Gasteiger partial charge on any atom is -0.492 e. The molecule has 3 rings (SSSR count). The molecule has 3 aromatic carbocycles. The molecule has 0 aliphatic heterocycles. The third-order valence-corrected chi connectivity index (χ3v) is 6.62. The van der Waals surface area contributed by atoms with E-state index in [1.54, 1.807) is 48.5 Å². The van der Waals surface area contributed by atoms with Gasteiger partial charge in [-0.15, -0.1) is 0 Å². The summed E-state index contributed by atoms with van der Waals surface area (Å²) >= 11 is 0. The first-order valence-corrected chi connectivity index (χ1v) is 13.9. The maximum atomic E-state index is 12.6. The number of carbonyl (C=O) groups is 1. The van der Waals surface area contributed by atoms with Crippen molar-refractivity contribution in [2.75, 3.05) is 30.3 Å². The summed E-state index contributed by atoms with van der Waals surface area (Å²) in [5.41, 5.74) is 2.99. The number of anilines is 1. The molecule has 0 aliphatic carbocycles. The van der Waals surface area contributed by atoms with Gasteiger partial charge in [0.25, 0.3) is 5.91 Å². The van der Waals surface area contributed by atoms with Gasteiger partial charge in [0, 0.05) is 5.56 Å². The molecule has 1 amide bonds. The molecule has 0 radical (unpaired) electrons. The van der Waals surface area contributed by atoms with Gasteiger partial charge in [-0.1, -0.05) is 49.7 Å². The van der Waals surface area contributed by atoms with Gasteiger partial charge in [-0.05, 0) is 60.9 Å². The zero-order valence-corrected chi connectivity index (χ0v) is 21.9. The lowest BCUT2D eigenvalue weighted by molar-refractivity contribution is 0.0947. The average Bonchev–Trinajstić information content (AvgIpc) is 2.86. The van der Waals surface area contributed by atoms with Crippen LogP contribution in [0, 0.1) is 0 Å². The van der Waals surface area contributed by atoms with Gasteiger partial charge in [0.05, 0.1) is 31.6 Å². The van der Waals surface area contributed by atoms with Crippen molar-refractivity contribution in [1.82, 2.24) is 5.32 Å². The quantitative estimate of drug-likeness (QED) is 0.334. The highest BCUT2D eigenvalue weighted by Crippen LogP contribution is 2.31. The summed E-state index contributed by atoms with van der Waals surface area (Å²) in [5, 5.41) is 2.85. The minimum absolute atomic E-state index is 0.121. The highest BCUT2D eigenvalue weighted by Gasteiger charge is 2.21. The van der Waals surface area contributed by atoms with Crippen molar-refractivity contribution in [1.29, 1.82) is 0 Å². The zero-order chi connectivity index (χ0) is 26.0. The van der Waals surface area contributed by atoms with Crippen LogP contribution in [0.1, 0.15) is 41.8 Å². The molecule has 0 saturated carbocycles. The number of hydrogen-bond acceptors (Lipinski definition) is 5. The second-order valence-electron chi connectivity index (χ2n) is 8.37. The Morgan fingerprint density at radius 3 is 2.19 bits per heavy atom. The summed E-state index contributed by atoms with van der Waals surface area (Å²) in [6, 6.07) is 21.9. The molecule has 0 unspecified atom stereocenters. The highest BCUT2D eigenvalue weighted by atomic mass is 32.2. The van der Waals surface area contributed by atoms with E-state index in [0.29, 0.717) is 36.8 Å². The van der Waals surface area contributed by atoms with Crippen LogP contribution in [-0.2, 0) is 23.0 Å². The van der Waals surface area contributed by atoms with Crippen LogP contribution in [0.15, 0.2) is 72.8 Å². The minimum atomic E-state index is -3.57. The molecule has 8 heteroatoms. The van der Waals surface area contributed by atoms with E-state index in [0.717, 1.165) is 24.2 Å². The molecule has 192 valence electrons. The molecule has 0 saturated heterocycles. The summed E-state index contributed by atoms with van der Waals surface area (Å²) in [6.07, 6.45) is 3.31. The smallest absolute Gasteiger partial charge is 0.251 e. The van der Waals surface area contributed by atoms with Crippen LogP contribution in [0.3, 0.4) is 0 Å². The number of sulfonamides is 1. The van der Waals surface area contributed by atoms with E-state index < -0.39 is 10.0 Å². The lowest BCUT2D eigenvalue weighted by Gasteiger charge is -2.24. The standard InChI is InChI=1S/C28H34N2O5S/c1-4-8-22-13-17-25(18-14-22)35-20-19-29-28(31)24-15-11-23(12-16-24)21-30(36(3,32)33)26-9-6-7-10-27(26)34-5-2/h6-7,9-18H,4-5,8,19-21H2,1-3H3,(H,29,31). The Balaban J connectivity index is 1.57. The number of amides is 1. The lowest BCUT2D eigenvalue weighted by atomic mass is 10.1. The van der Waals surface area contributed by atoms with Crippen molar-refractivity contribution in [2.45, 2.75) is 33.2 Å². The van der Waals surface area contributed by atoms with Crippen LogP contribution in [0.5, 0.6) is 11.5 Å². The average molecular weight is 511 g/mol. The Morgan fingerprint density at radius 1 is 0.889 bits per heavy atom. The van der Waals surface area contributed by atoms with Gasteiger partial charge in [-0.25, -0.2) is 8.42 Å². The van der Waals surface area contributed by atoms with E-state index in [1.165, 1.54) is 16.1 Å². The fourth-order valence-corrected chi connectivity index (χ4v) is 4.62. The van der Waals surface area contributed by atoms with Gasteiger partial charge in [-0.3, -0.25) is 9.10 Å². The van der Waals surface area contributed by atoms with E-state index >= 15 is 0 Å². The van der Waals surface area contributed by atoms with Crippen molar-refractivity contribution in [3.05, 3.63) is 89.5 Å². The Morgan fingerprint density at radius 2 is 1.56 bits per heavy atom. The fraction of sp³-hybridized carbons (Fsp3) is 0.321. The third kappa shape index (κ3) is 7.75. The Kier molecular flexibility index (Phi) is 9.76. The van der Waals surface area contributed by atoms with E-state index in [2.05, 4.69) is 24.4 Å². The molecule has 0 aliphatic rings. The van der Waals surface area contributed by atoms with Crippen molar-refractivity contribution in [3.8, 4) is 11.5 Å². The molecule has 0 bridgehead atoms. The maximum Gasteiger partial charge on any atom is 0.251 e. The number of nitrogens with zero attached hydrogens (tertiary/aromatic N) is 1. The third-order valence-electron chi connectivity index (χ3n) is 5.49. The van der Waals surface area contributed by atoms with Gasteiger partial charge in [-0.2, -0.15) is 0 Å². The van der Waals surface area contributed by atoms with Gasteiger partial charge in [0.2, 0.25) is 10.0 Å². The van der Waals surface area contributed by atoms with Crippen LogP contribution in [-0.4, -0.2) is 40.3 Å². The van der Waals surface area contributed by atoms with Crippen molar-refractivity contribution in [3.63, 3.8) is 0 Å². The largest absolute Gasteiger partial charge is 0.492 e. The number of ether oxygens (including phenoxy) is 2. The van der Waals surface area contributed by atoms with Crippen molar-refractivity contribution < 1.29 is 22.7 Å². The molecule has 0 spiro atoms. The predicted molar refractivity (Wildman–Crippen MR) is 143 cm³/mol. The second-order valence-corrected chi connectivity index (χ2v) is 10.3. The molecule has 0 heterocycles. The van der Waals surface area contributed by atoms with Crippen molar-refractivity contribution >= 4 is 21.6 Å². The molecule has 3 aromatic rings. The fourth-order valence-electron chi connectivity index (χ4n) is 3.73. The molecule has 0 aromatic heterocycles. The molecule has 36 heavy (non-hydrogen) atoms. The lowest BCUT2D eigenvalue weighted by Crippen LogP contribution is -2.30. The summed E-state index contributed by atoms with van der Waals surface area (Å²) in [5.74, 6) is 1.06. The first-order valence-electron chi connectivity index (χ1n) is 12.1. The monoisotopic (exact) mass is 510 g/mol. The van der Waals surface area contributed by atoms with Gasteiger partial charge < -0.3 is 14.8 Å². The first-order chi connectivity index (χ1) is 17.3. The topological polar surface area (TPSA) is 84.9 Å². The van der Waals surface area contributed by atoms with E-state index in [-0.39, 0.29) is 12.5 Å². The second kappa shape index (κ2) is 13.0. The van der Waals surface area contributed by atoms with Gasteiger partial charge in [0.15, 0.2) is 0 Å². The summed E-state index contributed by atoms with van der Waals surface area (Å²) in [4.78, 5) is 12.5. The number of benzene rings is 3. The summed E-state index contributed by atoms with van der Waals surface area (Å²) in [6.45, 7) is 5.27. The van der Waals surface area contributed by atoms with Crippen LogP contribution in [0.4, 0.5) is 5.69 Å². The molecule has 0 fully saturated rings. The van der Waals surface area contributed by atoms with Gasteiger partial charge in [0.1, 0.15) is 18.1 Å². The molecular formula is C28H34N2O5S. The van der Waals surface area contributed by atoms with Crippen LogP contribution < -0.4 is 19.1 Å². The van der Waals surface area contributed by atoms with Crippen LogP contribution in [0.2, 0.25) is 0 Å². The van der Waals surface area contributed by atoms with Gasteiger partial charge >= 0.3 is 0 Å². The number of carbonyl (C=O) groups excluding carboxylic acids is 1. The van der Waals surface area contributed by atoms with Crippen molar-refractivity contribution in [2.24, 2.45) is 0 Å². The van der Waals surface area contributed by atoms with Crippen LogP contribution >= 0.6 is 0 Å².